The standard InChI is InChI=1S/C9H10O2/c1-7-4-5-8(10-2)9(6-7)11-3/h1,4-6H,2-3H3. The summed E-state index contributed by atoms with van der Waals surface area (Å²) >= 11 is 0. The van der Waals surface area contributed by atoms with Crippen LogP contribution in [0.3, 0.4) is 0 Å². The van der Waals surface area contributed by atoms with Crippen molar-refractivity contribution in [1.82, 2.24) is 0 Å². The molecule has 0 saturated heterocycles. The van der Waals surface area contributed by atoms with Crippen LogP contribution in [0.15, 0.2) is 18.2 Å². The summed E-state index contributed by atoms with van der Waals surface area (Å²) in [7, 11) is 3.17. The normalized spacial score (nSPS) is 9.36. The van der Waals surface area contributed by atoms with E-state index in [0.717, 1.165) is 0 Å². The van der Waals surface area contributed by atoms with Crippen molar-refractivity contribution in [2.24, 2.45) is 0 Å². The van der Waals surface area contributed by atoms with Crippen LogP contribution in [0, 0.1) is 6.92 Å². The monoisotopic (exact) mass is 150 g/mol. The molecule has 1 aromatic rings. The van der Waals surface area contributed by atoms with Crippen molar-refractivity contribution in [1.29, 1.82) is 0 Å². The summed E-state index contributed by atoms with van der Waals surface area (Å²) in [5.41, 5.74) is 0.669. The van der Waals surface area contributed by atoms with Crippen molar-refractivity contribution in [3.05, 3.63) is 30.7 Å². The zero-order valence-electron chi connectivity index (χ0n) is 6.63. The zero-order valence-corrected chi connectivity index (χ0v) is 6.63. The fourth-order valence-electron chi connectivity index (χ4n) is 0.853. The van der Waals surface area contributed by atoms with Crippen LogP contribution in [0.1, 0.15) is 5.56 Å². The average Bonchev–Trinajstić information content (AvgIpc) is 2.04. The molecule has 0 fully saturated rings. The molecule has 0 aromatic heterocycles. The van der Waals surface area contributed by atoms with Crippen molar-refractivity contribution in [3.8, 4) is 11.5 Å². The molecule has 0 spiro atoms. The van der Waals surface area contributed by atoms with E-state index in [-0.39, 0.29) is 0 Å². The molecular weight excluding hydrogens is 140 g/mol. The lowest BCUT2D eigenvalue weighted by atomic mass is 10.2. The van der Waals surface area contributed by atoms with Gasteiger partial charge in [-0.15, -0.1) is 0 Å². The van der Waals surface area contributed by atoms with E-state index in [1.165, 1.54) is 0 Å². The lowest BCUT2D eigenvalue weighted by Crippen LogP contribution is -1.90. The maximum Gasteiger partial charge on any atom is 0.160 e. The highest BCUT2D eigenvalue weighted by molar-refractivity contribution is 5.43. The van der Waals surface area contributed by atoms with Crippen LogP contribution < -0.4 is 9.47 Å². The zero-order chi connectivity index (χ0) is 8.27. The maximum absolute atomic E-state index is 5.52. The molecule has 0 bridgehead atoms. The third kappa shape index (κ3) is 1.64. The minimum absolute atomic E-state index is 0.660. The molecule has 2 heteroatoms. The molecule has 11 heavy (non-hydrogen) atoms. The second kappa shape index (κ2) is 3.28. The first-order valence-electron chi connectivity index (χ1n) is 3.25. The van der Waals surface area contributed by atoms with Crippen LogP contribution >= 0.6 is 0 Å². The molecule has 1 aromatic carbocycles. The minimum atomic E-state index is 0.660. The number of benzene rings is 1. The molecule has 0 aliphatic carbocycles. The highest BCUT2D eigenvalue weighted by Crippen LogP contribution is 2.26. The summed E-state index contributed by atoms with van der Waals surface area (Å²) < 4.78 is 10.0. The van der Waals surface area contributed by atoms with Crippen LogP contribution in [0.4, 0.5) is 0 Å². The fraction of sp³-hybridized carbons (Fsp3) is 0.222. The molecule has 0 N–H and O–H groups in total. The van der Waals surface area contributed by atoms with Gasteiger partial charge in [-0.1, -0.05) is 6.07 Å². The fourth-order valence-corrected chi connectivity index (χ4v) is 0.853. The Morgan fingerprint density at radius 2 is 1.73 bits per heavy atom. The van der Waals surface area contributed by atoms with Gasteiger partial charge in [0, 0.05) is 0 Å². The minimum Gasteiger partial charge on any atom is -0.493 e. The number of hydrogen-bond donors (Lipinski definition) is 0. The molecule has 0 saturated carbocycles. The summed E-state index contributed by atoms with van der Waals surface area (Å²) in [4.78, 5) is 0. The highest BCUT2D eigenvalue weighted by Gasteiger charge is 2.00. The van der Waals surface area contributed by atoms with Gasteiger partial charge < -0.3 is 9.47 Å². The summed E-state index contributed by atoms with van der Waals surface area (Å²) in [5, 5.41) is 0. The average molecular weight is 150 g/mol. The Kier molecular flexibility index (Phi) is 2.36. The molecule has 58 valence electrons. The Labute approximate surface area is 66.8 Å². The van der Waals surface area contributed by atoms with E-state index in [4.69, 9.17) is 16.4 Å². The molecule has 2 radical (unpaired) electrons. The van der Waals surface area contributed by atoms with Gasteiger partial charge in [-0.2, -0.15) is 0 Å². The molecular formula is C9H10O2. The molecule has 0 heterocycles. The van der Waals surface area contributed by atoms with Crippen molar-refractivity contribution in [3.63, 3.8) is 0 Å². The number of ether oxygens (including phenoxy) is 2. The summed E-state index contributed by atoms with van der Waals surface area (Å²) in [5.74, 6) is 1.36. The van der Waals surface area contributed by atoms with Gasteiger partial charge in [-0.3, -0.25) is 0 Å². The predicted octanol–water partition coefficient (Wildman–Crippen LogP) is 1.76. The SMILES string of the molecule is [CH]c1ccc(OC)c(OC)c1. The lowest BCUT2D eigenvalue weighted by molar-refractivity contribution is 0.355. The van der Waals surface area contributed by atoms with E-state index in [2.05, 4.69) is 0 Å². The quantitative estimate of drug-likeness (QED) is 0.639. The van der Waals surface area contributed by atoms with E-state index in [1.807, 2.05) is 0 Å². The molecule has 0 aliphatic rings. The third-order valence-corrected chi connectivity index (χ3v) is 1.41. The van der Waals surface area contributed by atoms with Gasteiger partial charge in [0.15, 0.2) is 11.5 Å². The van der Waals surface area contributed by atoms with E-state index in [1.54, 1.807) is 32.4 Å². The summed E-state index contributed by atoms with van der Waals surface area (Å²) in [6.45, 7) is 5.52. The first-order chi connectivity index (χ1) is 5.27. The Bertz CT molecular complexity index is 243. The van der Waals surface area contributed by atoms with Gasteiger partial charge in [0.25, 0.3) is 0 Å². The van der Waals surface area contributed by atoms with Crippen LogP contribution in [-0.4, -0.2) is 14.2 Å². The summed E-state index contributed by atoms with van der Waals surface area (Å²) in [6, 6.07) is 5.26. The van der Waals surface area contributed by atoms with Gasteiger partial charge in [0.1, 0.15) is 0 Å². The number of methoxy groups -OCH3 is 2. The van der Waals surface area contributed by atoms with Crippen molar-refractivity contribution >= 4 is 0 Å². The van der Waals surface area contributed by atoms with E-state index >= 15 is 0 Å². The predicted molar refractivity (Wildman–Crippen MR) is 42.9 cm³/mol. The Morgan fingerprint density at radius 3 is 2.27 bits per heavy atom. The smallest absolute Gasteiger partial charge is 0.160 e. The molecule has 0 unspecified atom stereocenters. The molecule has 2 nitrogen and oxygen atoms in total. The van der Waals surface area contributed by atoms with Crippen LogP contribution in [0.25, 0.3) is 0 Å². The van der Waals surface area contributed by atoms with Gasteiger partial charge in [-0.05, 0) is 24.6 Å². The van der Waals surface area contributed by atoms with E-state index in [0.29, 0.717) is 17.1 Å². The van der Waals surface area contributed by atoms with E-state index in [9.17, 15) is 0 Å². The topological polar surface area (TPSA) is 18.5 Å². The van der Waals surface area contributed by atoms with Crippen LogP contribution in [-0.2, 0) is 0 Å². The first kappa shape index (κ1) is 7.92. The van der Waals surface area contributed by atoms with Gasteiger partial charge in [0.05, 0.1) is 14.2 Å². The number of rotatable bonds is 2. The maximum atomic E-state index is 5.52. The Hall–Kier alpha value is -1.18. The Morgan fingerprint density at radius 1 is 1.09 bits per heavy atom. The van der Waals surface area contributed by atoms with Crippen molar-refractivity contribution in [2.45, 2.75) is 0 Å². The molecule has 0 amide bonds. The van der Waals surface area contributed by atoms with Gasteiger partial charge in [0.2, 0.25) is 0 Å². The summed E-state index contributed by atoms with van der Waals surface area (Å²) in [6.07, 6.45) is 0. The van der Waals surface area contributed by atoms with Gasteiger partial charge >= 0.3 is 0 Å². The molecule has 0 aliphatic heterocycles. The van der Waals surface area contributed by atoms with Crippen LogP contribution in [0.2, 0.25) is 0 Å². The number of hydrogen-bond acceptors (Lipinski definition) is 2. The van der Waals surface area contributed by atoms with E-state index < -0.39 is 0 Å². The highest BCUT2D eigenvalue weighted by atomic mass is 16.5. The lowest BCUT2D eigenvalue weighted by Gasteiger charge is -2.06. The molecule has 1 rings (SSSR count). The first-order valence-corrected chi connectivity index (χ1v) is 3.25. The van der Waals surface area contributed by atoms with Crippen molar-refractivity contribution < 1.29 is 9.47 Å². The molecule has 0 atom stereocenters. The largest absolute Gasteiger partial charge is 0.493 e. The Balaban J connectivity index is 3.06. The van der Waals surface area contributed by atoms with Gasteiger partial charge in [-0.25, -0.2) is 0 Å². The third-order valence-electron chi connectivity index (χ3n) is 1.41. The van der Waals surface area contributed by atoms with Crippen molar-refractivity contribution in [2.75, 3.05) is 14.2 Å². The van der Waals surface area contributed by atoms with Crippen LogP contribution in [0.5, 0.6) is 11.5 Å². The second-order valence-electron chi connectivity index (χ2n) is 2.11. The second-order valence-corrected chi connectivity index (χ2v) is 2.11.